The molecule has 0 heterocycles. The summed E-state index contributed by atoms with van der Waals surface area (Å²) in [5.74, 6) is -1.48. The molecule has 0 aromatic heterocycles. The van der Waals surface area contributed by atoms with Crippen molar-refractivity contribution < 1.29 is 27.8 Å². The number of hydrogen-bond donors (Lipinski definition) is 1. The van der Waals surface area contributed by atoms with Crippen LogP contribution in [-0.4, -0.2) is 11.1 Å². The van der Waals surface area contributed by atoms with E-state index >= 15 is 0 Å². The zero-order chi connectivity index (χ0) is 17.3. The minimum atomic E-state index is -4.53. The Labute approximate surface area is 134 Å². The Balaban J connectivity index is 1.92. The molecular weight excluding hydrogens is 321 g/mol. The molecule has 0 fully saturated rings. The minimum Gasteiger partial charge on any atom is -0.507 e. The van der Waals surface area contributed by atoms with Crippen LogP contribution < -0.4 is 4.74 Å². The molecule has 0 amide bonds. The summed E-state index contributed by atoms with van der Waals surface area (Å²) in [6.07, 6.45) is -4.53. The van der Waals surface area contributed by atoms with E-state index in [9.17, 15) is 23.1 Å². The summed E-state index contributed by atoms with van der Waals surface area (Å²) in [4.78, 5) is 12.2. The number of alkyl halides is 3. The van der Waals surface area contributed by atoms with Crippen molar-refractivity contribution in [2.75, 3.05) is 0 Å². The van der Waals surface area contributed by atoms with Crippen molar-refractivity contribution in [3.63, 3.8) is 0 Å². The topological polar surface area (TPSA) is 46.5 Å². The first-order valence-corrected chi connectivity index (χ1v) is 6.96. The number of hydrogen-bond acceptors (Lipinski definition) is 3. The minimum absolute atomic E-state index is 0.119. The average Bonchev–Trinajstić information content (AvgIpc) is 2.53. The number of ether oxygens (including phenoxy) is 1. The quantitative estimate of drug-likeness (QED) is 0.542. The lowest BCUT2D eigenvalue weighted by Crippen LogP contribution is -2.10. The lowest BCUT2D eigenvalue weighted by atomic mass is 10.1. The normalized spacial score (nSPS) is 11.5. The van der Waals surface area contributed by atoms with E-state index in [0.29, 0.717) is 5.39 Å². The number of esters is 1. The third kappa shape index (κ3) is 3.17. The monoisotopic (exact) mass is 332 g/mol. The summed E-state index contributed by atoms with van der Waals surface area (Å²) in [6, 6.07) is 13.9. The van der Waals surface area contributed by atoms with Crippen LogP contribution in [0.25, 0.3) is 10.8 Å². The molecule has 0 aliphatic rings. The summed E-state index contributed by atoms with van der Waals surface area (Å²) < 4.78 is 43.0. The molecule has 0 bridgehead atoms. The molecule has 0 radical (unpaired) electrons. The Morgan fingerprint density at radius 2 is 1.58 bits per heavy atom. The third-order valence-corrected chi connectivity index (χ3v) is 3.46. The number of fused-ring (bicyclic) bond motifs is 1. The first-order chi connectivity index (χ1) is 11.3. The van der Waals surface area contributed by atoms with Gasteiger partial charge in [0.2, 0.25) is 0 Å². The van der Waals surface area contributed by atoms with Crippen LogP contribution in [0.2, 0.25) is 0 Å². The Kier molecular flexibility index (Phi) is 3.89. The van der Waals surface area contributed by atoms with Crippen LogP contribution in [0.5, 0.6) is 11.5 Å². The van der Waals surface area contributed by atoms with Gasteiger partial charge in [-0.3, -0.25) is 0 Å². The second kappa shape index (κ2) is 5.88. The third-order valence-electron chi connectivity index (χ3n) is 3.46. The molecule has 122 valence electrons. The van der Waals surface area contributed by atoms with Crippen molar-refractivity contribution in [2.45, 2.75) is 6.18 Å². The summed E-state index contributed by atoms with van der Waals surface area (Å²) in [5, 5.41) is 11.4. The molecule has 0 saturated carbocycles. The van der Waals surface area contributed by atoms with Crippen LogP contribution in [-0.2, 0) is 6.18 Å². The van der Waals surface area contributed by atoms with Crippen molar-refractivity contribution in [3.8, 4) is 11.5 Å². The molecule has 1 N–H and O–H groups in total. The van der Waals surface area contributed by atoms with Crippen molar-refractivity contribution in [2.24, 2.45) is 0 Å². The highest BCUT2D eigenvalue weighted by atomic mass is 19.4. The van der Waals surface area contributed by atoms with Gasteiger partial charge in [0.25, 0.3) is 0 Å². The molecule has 3 rings (SSSR count). The molecule has 0 atom stereocenters. The smallest absolute Gasteiger partial charge is 0.416 e. The number of rotatable bonds is 2. The highest BCUT2D eigenvalue weighted by Crippen LogP contribution is 2.32. The number of phenols is 1. The van der Waals surface area contributed by atoms with Gasteiger partial charge in [-0.2, -0.15) is 13.2 Å². The average molecular weight is 332 g/mol. The van der Waals surface area contributed by atoms with Gasteiger partial charge in [0.1, 0.15) is 17.1 Å². The highest BCUT2D eigenvalue weighted by Gasteiger charge is 2.30. The lowest BCUT2D eigenvalue weighted by Gasteiger charge is -2.10. The van der Waals surface area contributed by atoms with Crippen molar-refractivity contribution in [3.05, 3.63) is 71.8 Å². The maximum absolute atomic E-state index is 12.7. The predicted octanol–water partition coefficient (Wildman–Crippen LogP) is 4.78. The van der Waals surface area contributed by atoms with Gasteiger partial charge in [-0.1, -0.05) is 30.3 Å². The van der Waals surface area contributed by atoms with Gasteiger partial charge >= 0.3 is 12.1 Å². The van der Waals surface area contributed by atoms with E-state index < -0.39 is 17.7 Å². The molecule has 6 heteroatoms. The molecule has 0 aliphatic heterocycles. The molecule has 3 aromatic carbocycles. The number of halogens is 3. The van der Waals surface area contributed by atoms with Gasteiger partial charge in [-0.25, -0.2) is 4.79 Å². The highest BCUT2D eigenvalue weighted by molar-refractivity contribution is 5.99. The van der Waals surface area contributed by atoms with Gasteiger partial charge in [0, 0.05) is 0 Å². The number of carbonyl (C=O) groups is 1. The summed E-state index contributed by atoms with van der Waals surface area (Å²) in [7, 11) is 0. The fourth-order valence-corrected chi connectivity index (χ4v) is 2.29. The maximum Gasteiger partial charge on any atom is 0.416 e. The standard InChI is InChI=1S/C18H11F3O3/c19-18(20,21)13-6-3-7-14(10-13)24-17(23)15-8-11-4-1-2-5-12(11)9-16(15)22/h1-10,22H. The summed E-state index contributed by atoms with van der Waals surface area (Å²) in [6.45, 7) is 0. The fraction of sp³-hybridized carbons (Fsp3) is 0.0556. The van der Waals surface area contributed by atoms with Crippen LogP contribution >= 0.6 is 0 Å². The SMILES string of the molecule is O=C(Oc1cccc(C(F)(F)F)c1)c1cc2ccccc2cc1O. The molecule has 3 nitrogen and oxygen atoms in total. The number of phenolic OH excluding ortho intramolecular Hbond substituents is 1. The Hall–Kier alpha value is -3.02. The Morgan fingerprint density at radius 1 is 0.917 bits per heavy atom. The van der Waals surface area contributed by atoms with Crippen molar-refractivity contribution >= 4 is 16.7 Å². The zero-order valence-corrected chi connectivity index (χ0v) is 12.2. The zero-order valence-electron chi connectivity index (χ0n) is 12.2. The molecule has 0 aliphatic carbocycles. The van der Waals surface area contributed by atoms with Gasteiger partial charge in [-0.15, -0.1) is 0 Å². The van der Waals surface area contributed by atoms with E-state index in [4.69, 9.17) is 4.74 Å². The van der Waals surface area contributed by atoms with Crippen LogP contribution in [0.4, 0.5) is 13.2 Å². The van der Waals surface area contributed by atoms with Crippen molar-refractivity contribution in [1.82, 2.24) is 0 Å². The number of carbonyl (C=O) groups excluding carboxylic acids is 1. The molecule has 0 saturated heterocycles. The number of benzene rings is 3. The van der Waals surface area contributed by atoms with E-state index in [-0.39, 0.29) is 17.1 Å². The molecule has 0 unspecified atom stereocenters. The van der Waals surface area contributed by atoms with Crippen LogP contribution in [0.15, 0.2) is 60.7 Å². The summed E-state index contributed by atoms with van der Waals surface area (Å²) >= 11 is 0. The van der Waals surface area contributed by atoms with E-state index in [1.165, 1.54) is 18.2 Å². The molecule has 24 heavy (non-hydrogen) atoms. The Morgan fingerprint density at radius 3 is 2.25 bits per heavy atom. The molecule has 0 spiro atoms. The first-order valence-electron chi connectivity index (χ1n) is 6.96. The van der Waals surface area contributed by atoms with E-state index in [0.717, 1.165) is 23.6 Å². The maximum atomic E-state index is 12.7. The van der Waals surface area contributed by atoms with E-state index in [1.807, 2.05) is 0 Å². The van der Waals surface area contributed by atoms with Crippen LogP contribution in [0.1, 0.15) is 15.9 Å². The Bertz CT molecular complexity index is 917. The second-order valence-electron chi connectivity index (χ2n) is 5.13. The first kappa shape index (κ1) is 15.9. The van der Waals surface area contributed by atoms with Gasteiger partial charge < -0.3 is 9.84 Å². The van der Waals surface area contributed by atoms with E-state index in [1.54, 1.807) is 24.3 Å². The van der Waals surface area contributed by atoms with Crippen molar-refractivity contribution in [1.29, 1.82) is 0 Å². The van der Waals surface area contributed by atoms with Crippen LogP contribution in [0.3, 0.4) is 0 Å². The van der Waals surface area contributed by atoms with Crippen LogP contribution in [0, 0.1) is 0 Å². The van der Waals surface area contributed by atoms with Gasteiger partial charge in [0.05, 0.1) is 5.56 Å². The predicted molar refractivity (Wildman–Crippen MR) is 82.0 cm³/mol. The molecular formula is C18H11F3O3. The van der Waals surface area contributed by atoms with Gasteiger partial charge in [0.15, 0.2) is 0 Å². The largest absolute Gasteiger partial charge is 0.507 e. The van der Waals surface area contributed by atoms with E-state index in [2.05, 4.69) is 0 Å². The summed E-state index contributed by atoms with van der Waals surface area (Å²) in [5.41, 5.74) is -1.04. The lowest BCUT2D eigenvalue weighted by molar-refractivity contribution is -0.137. The number of aromatic hydroxyl groups is 1. The second-order valence-corrected chi connectivity index (χ2v) is 5.13. The fourth-order valence-electron chi connectivity index (χ4n) is 2.29. The van der Waals surface area contributed by atoms with Gasteiger partial charge in [-0.05, 0) is 41.1 Å². The molecule has 3 aromatic rings.